The molecule has 2 aromatic heterocycles. The number of hydrogen-bond donors (Lipinski definition) is 2. The molecule has 0 radical (unpaired) electrons. The van der Waals surface area contributed by atoms with Crippen molar-refractivity contribution in [2.24, 2.45) is 0 Å². The van der Waals surface area contributed by atoms with Crippen LogP contribution >= 0.6 is 11.8 Å². The first kappa shape index (κ1) is 19.8. The van der Waals surface area contributed by atoms with E-state index in [4.69, 9.17) is 4.74 Å². The molecule has 4 rings (SSSR count). The molecule has 0 saturated carbocycles. The van der Waals surface area contributed by atoms with Crippen LogP contribution in [-0.2, 0) is 0 Å². The zero-order valence-corrected chi connectivity index (χ0v) is 17.5. The van der Waals surface area contributed by atoms with Gasteiger partial charge in [-0.15, -0.1) is 11.8 Å². The molecule has 0 fully saturated rings. The number of rotatable bonds is 5. The third-order valence-electron chi connectivity index (χ3n) is 4.75. The number of ether oxygens (including phenoxy) is 1. The SMILES string of the molecule is COc1cccc(NC(=O)c2c(C)nc3c(-c4ccccc4)c(SC)[nH]n3c2=O)c1. The van der Waals surface area contributed by atoms with Crippen LogP contribution in [0.15, 0.2) is 64.4 Å². The molecule has 0 aliphatic heterocycles. The molecule has 8 heteroatoms. The summed E-state index contributed by atoms with van der Waals surface area (Å²) in [6.07, 6.45) is 1.92. The Morgan fingerprint density at radius 2 is 1.93 bits per heavy atom. The average molecular weight is 420 g/mol. The fourth-order valence-corrected chi connectivity index (χ4v) is 3.92. The summed E-state index contributed by atoms with van der Waals surface area (Å²) in [7, 11) is 1.55. The predicted octanol–water partition coefficient (Wildman–Crippen LogP) is 3.98. The molecule has 2 heterocycles. The van der Waals surface area contributed by atoms with E-state index in [1.807, 2.05) is 36.6 Å². The summed E-state index contributed by atoms with van der Waals surface area (Å²) >= 11 is 1.48. The Labute approximate surface area is 177 Å². The second-order valence-corrected chi connectivity index (χ2v) is 7.43. The van der Waals surface area contributed by atoms with Gasteiger partial charge in [-0.05, 0) is 30.9 Å². The average Bonchev–Trinajstić information content (AvgIpc) is 3.13. The zero-order chi connectivity index (χ0) is 21.3. The summed E-state index contributed by atoms with van der Waals surface area (Å²) < 4.78 is 6.52. The van der Waals surface area contributed by atoms with Gasteiger partial charge >= 0.3 is 0 Å². The first-order valence-electron chi connectivity index (χ1n) is 9.23. The van der Waals surface area contributed by atoms with Crippen LogP contribution in [0.2, 0.25) is 0 Å². The van der Waals surface area contributed by atoms with E-state index in [1.54, 1.807) is 38.3 Å². The fraction of sp³-hybridized carbons (Fsp3) is 0.136. The Morgan fingerprint density at radius 3 is 2.63 bits per heavy atom. The van der Waals surface area contributed by atoms with Gasteiger partial charge < -0.3 is 10.1 Å². The predicted molar refractivity (Wildman–Crippen MR) is 119 cm³/mol. The van der Waals surface area contributed by atoms with Gasteiger partial charge in [0.05, 0.1) is 23.4 Å². The standard InChI is InChI=1S/C22H20N4O3S/c1-13-17(20(27)24-15-10-7-11-16(12-15)29-2)22(28)26-19(23-13)18(21(25-26)30-3)14-8-5-4-6-9-14/h4-12,25H,1-3H3,(H,24,27). The zero-order valence-electron chi connectivity index (χ0n) is 16.7. The highest BCUT2D eigenvalue weighted by Gasteiger charge is 2.22. The lowest BCUT2D eigenvalue weighted by Gasteiger charge is -2.09. The molecule has 4 aromatic rings. The van der Waals surface area contributed by atoms with Crippen molar-refractivity contribution in [2.75, 3.05) is 18.7 Å². The number of aromatic amines is 1. The third kappa shape index (κ3) is 3.46. The van der Waals surface area contributed by atoms with Gasteiger partial charge in [-0.2, -0.15) is 4.52 Å². The number of carbonyl (C=O) groups is 1. The second kappa shape index (κ2) is 8.08. The Kier molecular flexibility index (Phi) is 5.33. The van der Waals surface area contributed by atoms with Crippen molar-refractivity contribution in [1.82, 2.24) is 14.6 Å². The number of aryl methyl sites for hydroxylation is 1. The molecule has 0 aliphatic carbocycles. The number of anilines is 1. The summed E-state index contributed by atoms with van der Waals surface area (Å²) in [5.74, 6) is 0.0884. The number of nitrogens with one attached hydrogen (secondary N) is 2. The molecular weight excluding hydrogens is 400 g/mol. The summed E-state index contributed by atoms with van der Waals surface area (Å²) in [5, 5.41) is 6.65. The van der Waals surface area contributed by atoms with Gasteiger partial charge in [-0.1, -0.05) is 36.4 Å². The minimum atomic E-state index is -0.519. The maximum Gasteiger partial charge on any atom is 0.285 e. The van der Waals surface area contributed by atoms with Crippen LogP contribution in [0.3, 0.4) is 0 Å². The number of thioether (sulfide) groups is 1. The lowest BCUT2D eigenvalue weighted by molar-refractivity contribution is 0.102. The van der Waals surface area contributed by atoms with Gasteiger partial charge in [-0.3, -0.25) is 14.7 Å². The highest BCUT2D eigenvalue weighted by molar-refractivity contribution is 7.98. The lowest BCUT2D eigenvalue weighted by atomic mass is 10.1. The number of benzene rings is 2. The molecule has 0 atom stereocenters. The van der Waals surface area contributed by atoms with E-state index < -0.39 is 11.5 Å². The quantitative estimate of drug-likeness (QED) is 0.477. The van der Waals surface area contributed by atoms with Crippen LogP contribution in [0.4, 0.5) is 5.69 Å². The summed E-state index contributed by atoms with van der Waals surface area (Å²) in [6.45, 7) is 1.67. The Morgan fingerprint density at radius 1 is 1.17 bits per heavy atom. The van der Waals surface area contributed by atoms with Crippen molar-refractivity contribution in [1.29, 1.82) is 0 Å². The van der Waals surface area contributed by atoms with Crippen LogP contribution in [0.1, 0.15) is 16.1 Å². The highest BCUT2D eigenvalue weighted by atomic mass is 32.2. The molecule has 1 amide bonds. The first-order valence-corrected chi connectivity index (χ1v) is 10.5. The van der Waals surface area contributed by atoms with Crippen molar-refractivity contribution in [2.45, 2.75) is 11.9 Å². The van der Waals surface area contributed by atoms with E-state index in [9.17, 15) is 9.59 Å². The topological polar surface area (TPSA) is 88.5 Å². The lowest BCUT2D eigenvalue weighted by Crippen LogP contribution is -2.29. The molecule has 0 unspecified atom stereocenters. The van der Waals surface area contributed by atoms with Crippen LogP contribution in [-0.4, -0.2) is 33.9 Å². The molecule has 0 saturated heterocycles. The maximum atomic E-state index is 13.2. The van der Waals surface area contributed by atoms with Gasteiger partial charge in [0, 0.05) is 11.8 Å². The number of amides is 1. The Bertz CT molecular complexity index is 1300. The van der Waals surface area contributed by atoms with Crippen molar-refractivity contribution in [3.05, 3.63) is 76.2 Å². The van der Waals surface area contributed by atoms with E-state index >= 15 is 0 Å². The van der Waals surface area contributed by atoms with Gasteiger partial charge in [0.2, 0.25) is 0 Å². The highest BCUT2D eigenvalue weighted by Crippen LogP contribution is 2.32. The van der Waals surface area contributed by atoms with Crippen LogP contribution in [0.5, 0.6) is 5.75 Å². The second-order valence-electron chi connectivity index (χ2n) is 6.61. The molecule has 7 nitrogen and oxygen atoms in total. The molecule has 2 N–H and O–H groups in total. The van der Waals surface area contributed by atoms with E-state index in [0.717, 1.165) is 16.2 Å². The molecule has 0 aliphatic rings. The summed E-state index contributed by atoms with van der Waals surface area (Å²) in [4.78, 5) is 30.7. The van der Waals surface area contributed by atoms with Gasteiger partial charge in [-0.25, -0.2) is 4.98 Å². The number of nitrogens with zero attached hydrogens (tertiary/aromatic N) is 2. The number of aromatic nitrogens is 3. The van der Waals surface area contributed by atoms with E-state index in [2.05, 4.69) is 15.4 Å². The Balaban J connectivity index is 1.83. The largest absolute Gasteiger partial charge is 0.497 e. The normalized spacial score (nSPS) is 10.9. The first-order chi connectivity index (χ1) is 14.5. The summed E-state index contributed by atoms with van der Waals surface area (Å²) in [6, 6.07) is 16.7. The molecule has 0 bridgehead atoms. The molecular formula is C22H20N4O3S. The Hall–Kier alpha value is -3.52. The summed E-state index contributed by atoms with van der Waals surface area (Å²) in [5.41, 5.74) is 2.71. The number of H-pyrrole nitrogens is 1. The van der Waals surface area contributed by atoms with Gasteiger partial charge in [0.1, 0.15) is 11.3 Å². The minimum absolute atomic E-state index is 0.0103. The molecule has 30 heavy (non-hydrogen) atoms. The van der Waals surface area contributed by atoms with Crippen molar-refractivity contribution < 1.29 is 9.53 Å². The van der Waals surface area contributed by atoms with Crippen LogP contribution < -0.4 is 15.6 Å². The molecule has 2 aromatic carbocycles. The van der Waals surface area contributed by atoms with E-state index in [0.29, 0.717) is 22.8 Å². The van der Waals surface area contributed by atoms with Crippen molar-refractivity contribution >= 4 is 29.0 Å². The number of carbonyl (C=O) groups excluding carboxylic acids is 1. The van der Waals surface area contributed by atoms with E-state index in [1.165, 1.54) is 16.3 Å². The number of fused-ring (bicyclic) bond motifs is 1. The van der Waals surface area contributed by atoms with Crippen molar-refractivity contribution in [3.63, 3.8) is 0 Å². The smallest absolute Gasteiger partial charge is 0.285 e. The van der Waals surface area contributed by atoms with E-state index in [-0.39, 0.29) is 5.56 Å². The van der Waals surface area contributed by atoms with Crippen molar-refractivity contribution in [3.8, 4) is 16.9 Å². The number of hydrogen-bond acceptors (Lipinski definition) is 5. The minimum Gasteiger partial charge on any atom is -0.497 e. The van der Waals surface area contributed by atoms with Gasteiger partial charge in [0.15, 0.2) is 5.65 Å². The number of methoxy groups -OCH3 is 1. The molecule has 152 valence electrons. The third-order valence-corrected chi connectivity index (χ3v) is 5.45. The van der Waals surface area contributed by atoms with Crippen LogP contribution in [0.25, 0.3) is 16.8 Å². The monoisotopic (exact) mass is 420 g/mol. The van der Waals surface area contributed by atoms with Gasteiger partial charge in [0.25, 0.3) is 11.5 Å². The maximum absolute atomic E-state index is 13.2. The fourth-order valence-electron chi connectivity index (χ4n) is 3.33. The molecule has 0 spiro atoms. The van der Waals surface area contributed by atoms with Crippen LogP contribution in [0, 0.1) is 6.92 Å².